The topological polar surface area (TPSA) is 75.6 Å². The molecule has 2 rings (SSSR count). The smallest absolute Gasteiger partial charge is 0.408 e. The molecule has 1 aromatic carbocycles. The monoisotopic (exact) mass is 275 g/mol. The second kappa shape index (κ2) is 6.23. The van der Waals surface area contributed by atoms with Gasteiger partial charge < -0.3 is 15.2 Å². The van der Waals surface area contributed by atoms with Gasteiger partial charge in [-0.2, -0.15) is 0 Å². The lowest BCUT2D eigenvalue weighted by molar-refractivity contribution is -0.143. The third kappa shape index (κ3) is 3.38. The van der Waals surface area contributed by atoms with Gasteiger partial charge in [0.1, 0.15) is 6.61 Å². The summed E-state index contributed by atoms with van der Waals surface area (Å²) >= 11 is 0. The first kappa shape index (κ1) is 14.1. The molecule has 0 aromatic heterocycles. The van der Waals surface area contributed by atoms with Crippen LogP contribution in [0.4, 0.5) is 4.79 Å². The summed E-state index contributed by atoms with van der Waals surface area (Å²) in [6, 6.07) is 9.23. The summed E-state index contributed by atoms with van der Waals surface area (Å²) in [5.41, 5.74) is -0.488. The molecule has 0 heterocycles. The van der Waals surface area contributed by atoms with Crippen LogP contribution < -0.4 is 5.32 Å². The zero-order valence-corrected chi connectivity index (χ0v) is 11.0. The predicted molar refractivity (Wildman–Crippen MR) is 73.1 cm³/mol. The Labute approximate surface area is 117 Å². The zero-order valence-electron chi connectivity index (χ0n) is 11.0. The van der Waals surface area contributed by atoms with Crippen LogP contribution in [0.5, 0.6) is 0 Å². The first-order valence-electron chi connectivity index (χ1n) is 6.52. The number of allylic oxidation sites excluding steroid dienone is 1. The van der Waals surface area contributed by atoms with Gasteiger partial charge in [0.05, 0.1) is 0 Å². The minimum Gasteiger partial charge on any atom is -0.479 e. The predicted octanol–water partition coefficient (Wildman–Crippen LogP) is 2.48. The Kier molecular flexibility index (Phi) is 4.40. The van der Waals surface area contributed by atoms with Gasteiger partial charge in [0, 0.05) is 0 Å². The van der Waals surface area contributed by atoms with E-state index in [0.717, 1.165) is 18.4 Å². The van der Waals surface area contributed by atoms with Crippen molar-refractivity contribution in [2.45, 2.75) is 31.4 Å². The highest BCUT2D eigenvalue weighted by molar-refractivity contribution is 5.86. The zero-order chi connectivity index (χ0) is 14.4. The van der Waals surface area contributed by atoms with Crippen molar-refractivity contribution in [3.63, 3.8) is 0 Å². The average Bonchev–Trinajstić information content (AvgIpc) is 2.47. The number of carbonyl (C=O) groups is 2. The standard InChI is InChI=1S/C15H17NO4/c17-13(18)15(9-5-2-6-10-15)16-14(19)20-11-12-7-3-1-4-8-12/h1,3-5,7-9H,2,6,10-11H2,(H,16,19)(H,17,18). The van der Waals surface area contributed by atoms with Crippen LogP contribution in [0.1, 0.15) is 24.8 Å². The molecule has 1 atom stereocenters. The summed E-state index contributed by atoms with van der Waals surface area (Å²) < 4.78 is 5.06. The van der Waals surface area contributed by atoms with Crippen molar-refractivity contribution in [3.05, 3.63) is 48.0 Å². The van der Waals surface area contributed by atoms with Crippen LogP contribution in [0.3, 0.4) is 0 Å². The van der Waals surface area contributed by atoms with E-state index in [1.807, 2.05) is 30.3 Å². The third-order valence-corrected chi connectivity index (χ3v) is 3.26. The first-order chi connectivity index (χ1) is 9.62. The molecule has 0 radical (unpaired) electrons. The molecule has 0 saturated heterocycles. The Morgan fingerprint density at radius 3 is 2.65 bits per heavy atom. The molecule has 5 nitrogen and oxygen atoms in total. The number of carbonyl (C=O) groups excluding carboxylic acids is 1. The van der Waals surface area contributed by atoms with Gasteiger partial charge in [-0.1, -0.05) is 42.5 Å². The molecule has 5 heteroatoms. The molecule has 0 bridgehead atoms. The molecular formula is C15H17NO4. The molecular weight excluding hydrogens is 258 g/mol. The number of benzene rings is 1. The van der Waals surface area contributed by atoms with Crippen molar-refractivity contribution in [2.24, 2.45) is 0 Å². The fourth-order valence-electron chi connectivity index (χ4n) is 2.14. The fourth-order valence-corrected chi connectivity index (χ4v) is 2.14. The van der Waals surface area contributed by atoms with Gasteiger partial charge in [-0.05, 0) is 24.8 Å². The summed E-state index contributed by atoms with van der Waals surface area (Å²) in [5, 5.41) is 11.8. The maximum absolute atomic E-state index is 11.8. The normalized spacial score (nSPS) is 21.2. The second-order valence-electron chi connectivity index (χ2n) is 4.76. The SMILES string of the molecule is O=C(NC1(C(=O)O)C=CCCC1)OCc1ccccc1. The minimum atomic E-state index is -1.34. The van der Waals surface area contributed by atoms with E-state index in [-0.39, 0.29) is 6.61 Å². The molecule has 0 fully saturated rings. The van der Waals surface area contributed by atoms with E-state index in [1.54, 1.807) is 6.08 Å². The number of ether oxygens (including phenoxy) is 1. The quantitative estimate of drug-likeness (QED) is 0.828. The number of amides is 1. The van der Waals surface area contributed by atoms with Gasteiger partial charge >= 0.3 is 12.1 Å². The van der Waals surface area contributed by atoms with Crippen LogP contribution in [0, 0.1) is 0 Å². The molecule has 1 unspecified atom stereocenters. The molecule has 1 aromatic rings. The molecule has 0 saturated carbocycles. The summed E-state index contributed by atoms with van der Waals surface area (Å²) in [6.07, 6.45) is 4.51. The highest BCUT2D eigenvalue weighted by Gasteiger charge is 2.38. The maximum atomic E-state index is 11.8. The van der Waals surface area contributed by atoms with Crippen LogP contribution in [0.25, 0.3) is 0 Å². The average molecular weight is 275 g/mol. The van der Waals surface area contributed by atoms with Gasteiger partial charge in [0.2, 0.25) is 0 Å². The lowest BCUT2D eigenvalue weighted by Gasteiger charge is -2.29. The Hall–Kier alpha value is -2.30. The number of carboxylic acids is 1. The summed E-state index contributed by atoms with van der Waals surface area (Å²) in [4.78, 5) is 23.1. The van der Waals surface area contributed by atoms with Crippen molar-refractivity contribution < 1.29 is 19.4 Å². The molecule has 106 valence electrons. The molecule has 0 spiro atoms. The van der Waals surface area contributed by atoms with Crippen LogP contribution in [0.2, 0.25) is 0 Å². The molecule has 2 N–H and O–H groups in total. The Morgan fingerprint density at radius 1 is 1.30 bits per heavy atom. The van der Waals surface area contributed by atoms with E-state index >= 15 is 0 Å². The van der Waals surface area contributed by atoms with E-state index in [0.29, 0.717) is 6.42 Å². The van der Waals surface area contributed by atoms with E-state index in [9.17, 15) is 14.7 Å². The summed E-state index contributed by atoms with van der Waals surface area (Å²) in [5.74, 6) is -1.06. The largest absolute Gasteiger partial charge is 0.479 e. The number of hydrogen-bond donors (Lipinski definition) is 2. The van der Waals surface area contributed by atoms with Crippen LogP contribution in [0.15, 0.2) is 42.5 Å². The lowest BCUT2D eigenvalue weighted by Crippen LogP contribution is -2.53. The number of alkyl carbamates (subject to hydrolysis) is 1. The Balaban J connectivity index is 1.94. The van der Waals surface area contributed by atoms with Gasteiger partial charge in [0.25, 0.3) is 0 Å². The first-order valence-corrected chi connectivity index (χ1v) is 6.52. The lowest BCUT2D eigenvalue weighted by atomic mass is 9.88. The molecule has 1 aliphatic rings. The van der Waals surface area contributed by atoms with Crippen molar-refractivity contribution in [1.82, 2.24) is 5.32 Å². The highest BCUT2D eigenvalue weighted by atomic mass is 16.5. The van der Waals surface area contributed by atoms with Crippen molar-refractivity contribution in [3.8, 4) is 0 Å². The second-order valence-corrected chi connectivity index (χ2v) is 4.76. The Morgan fingerprint density at radius 2 is 2.05 bits per heavy atom. The van der Waals surface area contributed by atoms with Gasteiger partial charge in [-0.15, -0.1) is 0 Å². The number of nitrogens with one attached hydrogen (secondary N) is 1. The summed E-state index contributed by atoms with van der Waals surface area (Å²) in [6.45, 7) is 0.117. The molecule has 20 heavy (non-hydrogen) atoms. The maximum Gasteiger partial charge on any atom is 0.408 e. The van der Waals surface area contributed by atoms with Gasteiger partial charge in [0.15, 0.2) is 5.54 Å². The number of rotatable bonds is 4. The van der Waals surface area contributed by atoms with E-state index in [2.05, 4.69) is 5.32 Å². The van der Waals surface area contributed by atoms with Crippen molar-refractivity contribution in [2.75, 3.05) is 0 Å². The third-order valence-electron chi connectivity index (χ3n) is 3.26. The molecule has 0 aliphatic heterocycles. The van der Waals surface area contributed by atoms with E-state index in [1.165, 1.54) is 6.08 Å². The van der Waals surface area contributed by atoms with E-state index < -0.39 is 17.6 Å². The number of aliphatic carboxylic acids is 1. The van der Waals surface area contributed by atoms with Crippen LogP contribution in [-0.4, -0.2) is 22.7 Å². The molecule has 1 aliphatic carbocycles. The Bertz CT molecular complexity index is 512. The number of hydrogen-bond acceptors (Lipinski definition) is 3. The van der Waals surface area contributed by atoms with Crippen molar-refractivity contribution >= 4 is 12.1 Å². The fraction of sp³-hybridized carbons (Fsp3) is 0.333. The van der Waals surface area contributed by atoms with Gasteiger partial charge in [-0.25, -0.2) is 9.59 Å². The van der Waals surface area contributed by atoms with Crippen LogP contribution >= 0.6 is 0 Å². The van der Waals surface area contributed by atoms with Crippen molar-refractivity contribution in [1.29, 1.82) is 0 Å². The summed E-state index contributed by atoms with van der Waals surface area (Å²) in [7, 11) is 0. The van der Waals surface area contributed by atoms with Crippen LogP contribution in [-0.2, 0) is 16.1 Å². The molecule has 1 amide bonds. The van der Waals surface area contributed by atoms with E-state index in [4.69, 9.17) is 4.74 Å². The number of carboxylic acid groups (broad SMARTS) is 1. The highest BCUT2D eigenvalue weighted by Crippen LogP contribution is 2.22. The van der Waals surface area contributed by atoms with Gasteiger partial charge in [-0.3, -0.25) is 0 Å². The minimum absolute atomic E-state index is 0.117.